The fraction of sp³-hybridized carbons (Fsp3) is 0.111. The van der Waals surface area contributed by atoms with Crippen LogP contribution >= 0.6 is 38.9 Å². The summed E-state index contributed by atoms with van der Waals surface area (Å²) in [6.45, 7) is 0. The van der Waals surface area contributed by atoms with Gasteiger partial charge in [0, 0.05) is 5.88 Å². The molecular weight excluding hydrogens is 272 g/mol. The summed E-state index contributed by atoms with van der Waals surface area (Å²) >= 11 is 10.6. The molecule has 68 valence electrons. The molecule has 0 aliphatic rings. The third-order valence-corrected chi connectivity index (χ3v) is 3.77. The topological polar surface area (TPSA) is 20.2 Å². The van der Waals surface area contributed by atoms with Crippen molar-refractivity contribution < 1.29 is 5.11 Å². The lowest BCUT2D eigenvalue weighted by Gasteiger charge is -1.98. The maximum atomic E-state index is 9.63. The molecule has 1 N–H and O–H groups in total. The monoisotopic (exact) mass is 276 g/mol. The van der Waals surface area contributed by atoms with Gasteiger partial charge in [-0.05, 0) is 45.1 Å². The first-order valence-electron chi connectivity index (χ1n) is 3.67. The van der Waals surface area contributed by atoms with E-state index in [1.807, 2.05) is 12.1 Å². The van der Waals surface area contributed by atoms with Crippen molar-refractivity contribution in [1.82, 2.24) is 0 Å². The first-order chi connectivity index (χ1) is 6.20. The molecule has 4 heteroatoms. The Labute approximate surface area is 93.1 Å². The molecule has 0 unspecified atom stereocenters. The fourth-order valence-corrected chi connectivity index (χ4v) is 2.91. The van der Waals surface area contributed by atoms with E-state index in [4.69, 9.17) is 11.6 Å². The largest absolute Gasteiger partial charge is 0.506 e. The second kappa shape index (κ2) is 3.48. The highest BCUT2D eigenvalue weighted by Gasteiger charge is 2.05. The van der Waals surface area contributed by atoms with E-state index in [0.717, 1.165) is 19.4 Å². The van der Waals surface area contributed by atoms with E-state index in [1.165, 1.54) is 11.3 Å². The van der Waals surface area contributed by atoms with Crippen LogP contribution in [-0.4, -0.2) is 5.11 Å². The number of fused-ring (bicyclic) bond motifs is 1. The van der Waals surface area contributed by atoms with Gasteiger partial charge in [0.2, 0.25) is 0 Å². The van der Waals surface area contributed by atoms with Crippen LogP contribution in [0.4, 0.5) is 0 Å². The minimum Gasteiger partial charge on any atom is -0.506 e. The van der Waals surface area contributed by atoms with E-state index >= 15 is 0 Å². The van der Waals surface area contributed by atoms with Gasteiger partial charge in [-0.25, -0.2) is 0 Å². The van der Waals surface area contributed by atoms with Gasteiger partial charge in [0.1, 0.15) is 5.75 Å². The van der Waals surface area contributed by atoms with E-state index in [0.29, 0.717) is 11.6 Å². The lowest BCUT2D eigenvalue weighted by atomic mass is 10.2. The predicted octanol–water partition coefficient (Wildman–Crippen LogP) is 4.11. The van der Waals surface area contributed by atoms with Crippen LogP contribution in [0.25, 0.3) is 10.1 Å². The van der Waals surface area contributed by atoms with E-state index in [2.05, 4.69) is 15.9 Å². The number of thiophene rings is 1. The number of hydrogen-bond acceptors (Lipinski definition) is 2. The van der Waals surface area contributed by atoms with Crippen LogP contribution in [0, 0.1) is 0 Å². The van der Waals surface area contributed by atoms with Crippen molar-refractivity contribution in [1.29, 1.82) is 0 Å². The Balaban J connectivity index is 2.75. The van der Waals surface area contributed by atoms with Crippen molar-refractivity contribution in [2.45, 2.75) is 5.88 Å². The van der Waals surface area contributed by atoms with Crippen molar-refractivity contribution >= 4 is 49.0 Å². The molecule has 1 nitrogen and oxygen atoms in total. The fourth-order valence-electron chi connectivity index (χ4n) is 1.24. The normalized spacial score (nSPS) is 10.9. The van der Waals surface area contributed by atoms with Crippen LogP contribution < -0.4 is 0 Å². The van der Waals surface area contributed by atoms with E-state index < -0.39 is 0 Å². The Morgan fingerprint density at radius 2 is 2.15 bits per heavy atom. The summed E-state index contributed by atoms with van der Waals surface area (Å²) in [5.74, 6) is 0.737. The standard InChI is InChI=1S/C9H6BrClOS/c10-8-3-6-1-5(4-11)2-7(12)9(6)13-8/h1-3,12H,4H2. The average molecular weight is 278 g/mol. The average Bonchev–Trinajstić information content (AvgIpc) is 2.46. The summed E-state index contributed by atoms with van der Waals surface area (Å²) < 4.78 is 1.92. The molecule has 0 radical (unpaired) electrons. The first-order valence-corrected chi connectivity index (χ1v) is 5.82. The van der Waals surface area contributed by atoms with Crippen LogP contribution in [0.5, 0.6) is 5.75 Å². The van der Waals surface area contributed by atoms with Crippen LogP contribution in [-0.2, 0) is 5.88 Å². The van der Waals surface area contributed by atoms with Gasteiger partial charge in [0.25, 0.3) is 0 Å². The smallest absolute Gasteiger partial charge is 0.133 e. The minimum atomic E-state index is 0.309. The minimum absolute atomic E-state index is 0.309. The molecule has 0 fully saturated rings. The Morgan fingerprint density at radius 3 is 2.85 bits per heavy atom. The molecule has 1 aromatic carbocycles. The molecule has 0 saturated heterocycles. The molecular formula is C9H6BrClOS. The molecule has 2 aromatic rings. The highest BCUT2D eigenvalue weighted by atomic mass is 79.9. The zero-order valence-corrected chi connectivity index (χ0v) is 9.71. The number of halogens is 2. The Kier molecular flexibility index (Phi) is 2.49. The van der Waals surface area contributed by atoms with E-state index in [1.54, 1.807) is 6.07 Å². The molecule has 2 rings (SSSR count). The molecule has 0 aliphatic carbocycles. The number of rotatable bonds is 1. The quantitative estimate of drug-likeness (QED) is 0.778. The van der Waals surface area contributed by atoms with E-state index in [-0.39, 0.29) is 0 Å². The zero-order valence-electron chi connectivity index (χ0n) is 6.55. The highest BCUT2D eigenvalue weighted by Crippen LogP contribution is 2.36. The van der Waals surface area contributed by atoms with Crippen LogP contribution in [0.15, 0.2) is 22.0 Å². The van der Waals surface area contributed by atoms with Gasteiger partial charge in [-0.2, -0.15) is 0 Å². The molecule has 0 bridgehead atoms. The van der Waals surface area contributed by atoms with Crippen molar-refractivity contribution in [2.75, 3.05) is 0 Å². The molecule has 1 aromatic heterocycles. The molecule has 13 heavy (non-hydrogen) atoms. The summed E-state index contributed by atoms with van der Waals surface area (Å²) in [4.78, 5) is 0. The van der Waals surface area contributed by atoms with Gasteiger partial charge in [-0.3, -0.25) is 0 Å². The lowest BCUT2D eigenvalue weighted by molar-refractivity contribution is 0.482. The van der Waals surface area contributed by atoms with Crippen molar-refractivity contribution in [3.8, 4) is 5.75 Å². The first kappa shape index (κ1) is 9.31. The predicted molar refractivity (Wildman–Crippen MR) is 60.7 cm³/mol. The number of hydrogen-bond donors (Lipinski definition) is 1. The maximum Gasteiger partial charge on any atom is 0.133 e. The van der Waals surface area contributed by atoms with Gasteiger partial charge in [-0.1, -0.05) is 0 Å². The van der Waals surface area contributed by atoms with Crippen molar-refractivity contribution in [2.24, 2.45) is 0 Å². The van der Waals surface area contributed by atoms with Gasteiger partial charge in [-0.15, -0.1) is 22.9 Å². The third-order valence-electron chi connectivity index (χ3n) is 1.78. The molecule has 0 spiro atoms. The van der Waals surface area contributed by atoms with E-state index in [9.17, 15) is 5.11 Å². The number of aromatic hydroxyl groups is 1. The second-order valence-corrected chi connectivity index (χ2v) is 5.42. The molecule has 0 atom stereocenters. The zero-order chi connectivity index (χ0) is 9.42. The molecule has 1 heterocycles. The van der Waals surface area contributed by atoms with Gasteiger partial charge < -0.3 is 5.11 Å². The Morgan fingerprint density at radius 1 is 1.38 bits per heavy atom. The second-order valence-electron chi connectivity index (χ2n) is 2.72. The maximum absolute atomic E-state index is 9.63. The van der Waals surface area contributed by atoms with Crippen LogP contribution in [0.1, 0.15) is 5.56 Å². The number of phenols is 1. The summed E-state index contributed by atoms with van der Waals surface area (Å²) in [6.07, 6.45) is 0. The number of benzene rings is 1. The van der Waals surface area contributed by atoms with Gasteiger partial charge >= 0.3 is 0 Å². The van der Waals surface area contributed by atoms with Crippen LogP contribution in [0.3, 0.4) is 0 Å². The van der Waals surface area contributed by atoms with Crippen LogP contribution in [0.2, 0.25) is 0 Å². The molecule has 0 amide bonds. The number of phenolic OH excluding ortho intramolecular Hbond substituents is 1. The Bertz CT molecular complexity index is 452. The van der Waals surface area contributed by atoms with Crippen molar-refractivity contribution in [3.05, 3.63) is 27.5 Å². The molecule has 0 saturated carbocycles. The summed E-state index contributed by atoms with van der Waals surface area (Å²) in [6, 6.07) is 5.68. The summed E-state index contributed by atoms with van der Waals surface area (Å²) in [5, 5.41) is 10.7. The van der Waals surface area contributed by atoms with Gasteiger partial charge in [0.05, 0.1) is 8.49 Å². The van der Waals surface area contributed by atoms with Crippen molar-refractivity contribution in [3.63, 3.8) is 0 Å². The Hall–Kier alpha value is -0.250. The number of alkyl halides is 1. The summed E-state index contributed by atoms with van der Waals surface area (Å²) in [7, 11) is 0. The SMILES string of the molecule is Oc1cc(CCl)cc2cc(Br)sc12. The summed E-state index contributed by atoms with van der Waals surface area (Å²) in [5.41, 5.74) is 0.942. The molecule has 0 aliphatic heterocycles. The third kappa shape index (κ3) is 1.68. The van der Waals surface area contributed by atoms with Gasteiger partial charge in [0.15, 0.2) is 0 Å². The lowest BCUT2D eigenvalue weighted by Crippen LogP contribution is -1.76. The highest BCUT2D eigenvalue weighted by molar-refractivity contribution is 9.11.